The molecule has 0 radical (unpaired) electrons. The van der Waals surface area contributed by atoms with Crippen LogP contribution in [-0.2, 0) is 9.84 Å². The third-order valence-electron chi connectivity index (χ3n) is 3.24. The highest BCUT2D eigenvalue weighted by Gasteiger charge is 2.32. The highest BCUT2D eigenvalue weighted by atomic mass is 35.5. The van der Waals surface area contributed by atoms with Crippen molar-refractivity contribution in [1.29, 1.82) is 0 Å². The number of hydrogen-bond donors (Lipinski definition) is 1. The predicted molar refractivity (Wildman–Crippen MR) is 68.9 cm³/mol. The molecule has 1 aliphatic rings. The first-order chi connectivity index (χ1) is 7.54. The first kappa shape index (κ1) is 14.3. The van der Waals surface area contributed by atoms with Crippen LogP contribution in [0.1, 0.15) is 39.0 Å². The van der Waals surface area contributed by atoms with Gasteiger partial charge in [0.25, 0.3) is 0 Å². The SMILES string of the molecule is CCCS(=O)(=O)CCNC1(CCl)CCCC1. The highest BCUT2D eigenvalue weighted by Crippen LogP contribution is 2.30. The molecule has 0 aliphatic heterocycles. The van der Waals surface area contributed by atoms with E-state index in [1.165, 1.54) is 12.8 Å². The molecule has 1 fully saturated rings. The summed E-state index contributed by atoms with van der Waals surface area (Å²) >= 11 is 5.96. The Morgan fingerprint density at radius 2 is 1.88 bits per heavy atom. The van der Waals surface area contributed by atoms with Crippen LogP contribution in [0.4, 0.5) is 0 Å². The van der Waals surface area contributed by atoms with E-state index in [1.54, 1.807) is 0 Å². The fourth-order valence-corrected chi connectivity index (χ4v) is 3.90. The Morgan fingerprint density at radius 3 is 2.38 bits per heavy atom. The van der Waals surface area contributed by atoms with Crippen LogP contribution in [0.2, 0.25) is 0 Å². The zero-order valence-corrected chi connectivity index (χ0v) is 11.5. The van der Waals surface area contributed by atoms with Crippen molar-refractivity contribution in [3.63, 3.8) is 0 Å². The van der Waals surface area contributed by atoms with Crippen LogP contribution >= 0.6 is 11.6 Å². The van der Waals surface area contributed by atoms with Gasteiger partial charge in [-0.2, -0.15) is 0 Å². The van der Waals surface area contributed by atoms with E-state index < -0.39 is 9.84 Å². The summed E-state index contributed by atoms with van der Waals surface area (Å²) < 4.78 is 23.0. The van der Waals surface area contributed by atoms with Crippen molar-refractivity contribution in [3.05, 3.63) is 0 Å². The van der Waals surface area contributed by atoms with Crippen LogP contribution in [0, 0.1) is 0 Å². The lowest BCUT2D eigenvalue weighted by Gasteiger charge is -2.27. The molecule has 0 heterocycles. The van der Waals surface area contributed by atoms with Crippen LogP contribution in [0.3, 0.4) is 0 Å². The normalized spacial score (nSPS) is 20.1. The summed E-state index contributed by atoms with van der Waals surface area (Å²) in [5, 5.41) is 3.35. The van der Waals surface area contributed by atoms with Gasteiger partial charge in [-0.05, 0) is 19.3 Å². The minimum Gasteiger partial charge on any atom is -0.309 e. The molecule has 0 aromatic heterocycles. The maximum atomic E-state index is 11.5. The molecule has 16 heavy (non-hydrogen) atoms. The Hall–Kier alpha value is 0.200. The summed E-state index contributed by atoms with van der Waals surface area (Å²) in [6, 6.07) is 0. The third kappa shape index (κ3) is 4.22. The van der Waals surface area contributed by atoms with E-state index in [4.69, 9.17) is 11.6 Å². The Morgan fingerprint density at radius 1 is 1.25 bits per heavy atom. The second-order valence-corrected chi connectivity index (χ2v) is 7.27. The van der Waals surface area contributed by atoms with Gasteiger partial charge in [-0.3, -0.25) is 0 Å². The molecule has 0 bridgehead atoms. The Balaban J connectivity index is 2.34. The van der Waals surface area contributed by atoms with Gasteiger partial charge >= 0.3 is 0 Å². The average Bonchev–Trinajstić information content (AvgIpc) is 2.67. The van der Waals surface area contributed by atoms with Crippen LogP contribution in [0.5, 0.6) is 0 Å². The zero-order valence-electron chi connectivity index (χ0n) is 9.97. The van der Waals surface area contributed by atoms with Gasteiger partial charge < -0.3 is 5.32 Å². The van der Waals surface area contributed by atoms with Crippen molar-refractivity contribution in [1.82, 2.24) is 5.32 Å². The molecular formula is C11H22ClNO2S. The molecule has 96 valence electrons. The number of hydrogen-bond acceptors (Lipinski definition) is 3. The molecule has 1 saturated carbocycles. The molecule has 0 amide bonds. The van der Waals surface area contributed by atoms with E-state index in [2.05, 4.69) is 5.32 Å². The number of halogens is 1. The standard InChI is InChI=1S/C11H22ClNO2S/c1-2-8-16(14,15)9-7-13-11(10-12)5-3-4-6-11/h13H,2-10H2,1H3. The quantitative estimate of drug-likeness (QED) is 0.718. The largest absolute Gasteiger partial charge is 0.309 e. The van der Waals surface area contributed by atoms with Crippen LogP contribution < -0.4 is 5.32 Å². The monoisotopic (exact) mass is 267 g/mol. The molecule has 1 aliphatic carbocycles. The van der Waals surface area contributed by atoms with Crippen LogP contribution in [0.25, 0.3) is 0 Å². The number of sulfone groups is 1. The van der Waals surface area contributed by atoms with Gasteiger partial charge in [-0.15, -0.1) is 11.6 Å². The summed E-state index contributed by atoms with van der Waals surface area (Å²) in [6.45, 7) is 2.43. The zero-order chi connectivity index (χ0) is 12.1. The lowest BCUT2D eigenvalue weighted by molar-refractivity contribution is 0.380. The number of nitrogens with one attached hydrogen (secondary N) is 1. The minimum atomic E-state index is -2.86. The molecule has 0 aromatic rings. The van der Waals surface area contributed by atoms with Crippen LogP contribution in [-0.4, -0.2) is 37.9 Å². The van der Waals surface area contributed by atoms with Gasteiger partial charge in [0.15, 0.2) is 9.84 Å². The number of alkyl halides is 1. The average molecular weight is 268 g/mol. The molecule has 3 nitrogen and oxygen atoms in total. The Bertz CT molecular complexity index is 297. The van der Waals surface area contributed by atoms with Gasteiger partial charge in [0.05, 0.1) is 5.75 Å². The first-order valence-corrected chi connectivity index (χ1v) is 8.41. The van der Waals surface area contributed by atoms with Crippen molar-refractivity contribution in [2.24, 2.45) is 0 Å². The molecule has 1 rings (SSSR count). The molecule has 0 saturated heterocycles. The van der Waals surface area contributed by atoms with Crippen molar-refractivity contribution >= 4 is 21.4 Å². The molecule has 0 spiro atoms. The minimum absolute atomic E-state index is 0.00326. The first-order valence-electron chi connectivity index (χ1n) is 6.05. The summed E-state index contributed by atoms with van der Waals surface area (Å²) in [6.07, 6.45) is 5.24. The Kier molecular flexibility index (Phi) is 5.54. The lowest BCUT2D eigenvalue weighted by Crippen LogP contribution is -2.46. The smallest absolute Gasteiger partial charge is 0.151 e. The maximum Gasteiger partial charge on any atom is 0.151 e. The van der Waals surface area contributed by atoms with E-state index in [-0.39, 0.29) is 11.3 Å². The number of rotatable bonds is 7. The summed E-state index contributed by atoms with van der Waals surface area (Å²) in [5.74, 6) is 1.11. The molecule has 0 aromatic carbocycles. The topological polar surface area (TPSA) is 46.2 Å². The van der Waals surface area contributed by atoms with Crippen molar-refractivity contribution in [2.75, 3.05) is 23.9 Å². The summed E-state index contributed by atoms with van der Waals surface area (Å²) in [4.78, 5) is 0. The van der Waals surface area contributed by atoms with E-state index in [9.17, 15) is 8.42 Å². The molecule has 0 unspecified atom stereocenters. The van der Waals surface area contributed by atoms with E-state index in [1.807, 2.05) is 6.92 Å². The molecular weight excluding hydrogens is 246 g/mol. The van der Waals surface area contributed by atoms with Gasteiger partial charge in [-0.1, -0.05) is 19.8 Å². The fraction of sp³-hybridized carbons (Fsp3) is 1.00. The van der Waals surface area contributed by atoms with Crippen LogP contribution in [0.15, 0.2) is 0 Å². The second-order valence-electron chi connectivity index (χ2n) is 4.70. The molecule has 0 atom stereocenters. The van der Waals surface area contributed by atoms with Crippen molar-refractivity contribution < 1.29 is 8.42 Å². The fourth-order valence-electron chi connectivity index (χ4n) is 2.29. The van der Waals surface area contributed by atoms with Gasteiger partial charge in [0.2, 0.25) is 0 Å². The Labute approximate surface area is 104 Å². The van der Waals surface area contributed by atoms with Gasteiger partial charge in [0, 0.05) is 23.7 Å². The van der Waals surface area contributed by atoms with Crippen molar-refractivity contribution in [2.45, 2.75) is 44.6 Å². The summed E-state index contributed by atoms with van der Waals surface area (Å²) in [5.41, 5.74) is 0.00326. The second kappa shape index (κ2) is 6.22. The summed E-state index contributed by atoms with van der Waals surface area (Å²) in [7, 11) is -2.86. The third-order valence-corrected chi connectivity index (χ3v) is 5.61. The lowest BCUT2D eigenvalue weighted by atomic mass is 10.0. The van der Waals surface area contributed by atoms with Crippen molar-refractivity contribution in [3.8, 4) is 0 Å². The van der Waals surface area contributed by atoms with Gasteiger partial charge in [-0.25, -0.2) is 8.42 Å². The van der Waals surface area contributed by atoms with E-state index in [0.29, 0.717) is 24.6 Å². The maximum absolute atomic E-state index is 11.5. The molecule has 5 heteroatoms. The predicted octanol–water partition coefficient (Wildman–Crippen LogP) is 1.95. The van der Waals surface area contributed by atoms with E-state index in [0.717, 1.165) is 12.8 Å². The van der Waals surface area contributed by atoms with Gasteiger partial charge in [0.1, 0.15) is 0 Å². The highest BCUT2D eigenvalue weighted by molar-refractivity contribution is 7.91. The van der Waals surface area contributed by atoms with E-state index >= 15 is 0 Å². The molecule has 1 N–H and O–H groups in total.